The minimum atomic E-state index is 0.562. The van der Waals surface area contributed by atoms with Gasteiger partial charge in [-0.05, 0) is 25.5 Å². The number of unbranched alkanes of at least 4 members (excludes halogenated alkanes) is 1. The summed E-state index contributed by atoms with van der Waals surface area (Å²) < 4.78 is 0. The summed E-state index contributed by atoms with van der Waals surface area (Å²) in [5, 5.41) is 8.92. The van der Waals surface area contributed by atoms with Crippen LogP contribution >= 0.6 is 0 Å². The van der Waals surface area contributed by atoms with E-state index in [2.05, 4.69) is 24.8 Å². The molecule has 1 rings (SSSR count). The molecule has 0 atom stereocenters. The quantitative estimate of drug-likeness (QED) is 0.771. The molecule has 1 aromatic carbocycles. The SMILES string of the molecule is CCCCN(CC)c1cccc(C#N)c1N. The third-order valence-corrected chi connectivity index (χ3v) is 2.71. The minimum Gasteiger partial charge on any atom is -0.396 e. The van der Waals surface area contributed by atoms with Crippen LogP contribution in [0.5, 0.6) is 0 Å². The van der Waals surface area contributed by atoms with Gasteiger partial charge in [-0.1, -0.05) is 19.4 Å². The number of hydrogen-bond donors (Lipinski definition) is 1. The third kappa shape index (κ3) is 2.66. The monoisotopic (exact) mass is 217 g/mol. The van der Waals surface area contributed by atoms with Crippen LogP contribution in [0.2, 0.25) is 0 Å². The molecule has 3 heteroatoms. The van der Waals surface area contributed by atoms with E-state index in [9.17, 15) is 0 Å². The van der Waals surface area contributed by atoms with E-state index < -0.39 is 0 Å². The average Bonchev–Trinajstić information content (AvgIpc) is 2.32. The van der Waals surface area contributed by atoms with Crippen LogP contribution < -0.4 is 10.6 Å². The van der Waals surface area contributed by atoms with Crippen molar-refractivity contribution in [3.63, 3.8) is 0 Å². The summed E-state index contributed by atoms with van der Waals surface area (Å²) in [7, 11) is 0. The van der Waals surface area contributed by atoms with Gasteiger partial charge in [0.05, 0.1) is 16.9 Å². The van der Waals surface area contributed by atoms with Crippen molar-refractivity contribution in [1.29, 1.82) is 5.26 Å². The van der Waals surface area contributed by atoms with E-state index in [4.69, 9.17) is 11.0 Å². The van der Waals surface area contributed by atoms with Gasteiger partial charge in [0.1, 0.15) is 6.07 Å². The van der Waals surface area contributed by atoms with Crippen LogP contribution in [0.3, 0.4) is 0 Å². The largest absolute Gasteiger partial charge is 0.396 e. The molecule has 0 heterocycles. The van der Waals surface area contributed by atoms with Crippen molar-refractivity contribution >= 4 is 11.4 Å². The van der Waals surface area contributed by atoms with Crippen molar-refractivity contribution in [2.45, 2.75) is 26.7 Å². The first-order valence-corrected chi connectivity index (χ1v) is 5.78. The molecule has 0 radical (unpaired) electrons. The van der Waals surface area contributed by atoms with E-state index in [0.717, 1.165) is 31.6 Å². The van der Waals surface area contributed by atoms with Crippen LogP contribution in [0.15, 0.2) is 18.2 Å². The Hall–Kier alpha value is -1.69. The molecule has 0 aromatic heterocycles. The summed E-state index contributed by atoms with van der Waals surface area (Å²) >= 11 is 0. The number of para-hydroxylation sites is 1. The summed E-state index contributed by atoms with van der Waals surface area (Å²) in [5.74, 6) is 0. The van der Waals surface area contributed by atoms with Crippen molar-refractivity contribution in [3.05, 3.63) is 23.8 Å². The van der Waals surface area contributed by atoms with E-state index in [1.165, 1.54) is 0 Å². The summed E-state index contributed by atoms with van der Waals surface area (Å²) in [6.07, 6.45) is 2.30. The molecule has 3 nitrogen and oxygen atoms in total. The third-order valence-electron chi connectivity index (χ3n) is 2.71. The first kappa shape index (κ1) is 12.4. The molecular weight excluding hydrogens is 198 g/mol. The smallest absolute Gasteiger partial charge is 0.101 e. The highest BCUT2D eigenvalue weighted by atomic mass is 15.1. The lowest BCUT2D eigenvalue weighted by atomic mass is 10.1. The zero-order chi connectivity index (χ0) is 12.0. The minimum absolute atomic E-state index is 0.562. The Morgan fingerprint density at radius 3 is 2.69 bits per heavy atom. The number of hydrogen-bond acceptors (Lipinski definition) is 3. The highest BCUT2D eigenvalue weighted by Crippen LogP contribution is 2.26. The van der Waals surface area contributed by atoms with Gasteiger partial charge in [0, 0.05) is 13.1 Å². The highest BCUT2D eigenvalue weighted by molar-refractivity contribution is 5.73. The summed E-state index contributed by atoms with van der Waals surface area (Å²) in [4.78, 5) is 2.22. The van der Waals surface area contributed by atoms with Crippen molar-refractivity contribution in [1.82, 2.24) is 0 Å². The number of nitrogens with two attached hydrogens (primary N) is 1. The molecule has 16 heavy (non-hydrogen) atoms. The Balaban J connectivity index is 2.97. The van der Waals surface area contributed by atoms with Gasteiger partial charge >= 0.3 is 0 Å². The lowest BCUT2D eigenvalue weighted by Crippen LogP contribution is -2.25. The molecule has 0 aliphatic rings. The fourth-order valence-electron chi connectivity index (χ4n) is 1.72. The molecule has 0 spiro atoms. The first-order valence-electron chi connectivity index (χ1n) is 5.78. The summed E-state index contributed by atoms with van der Waals surface area (Å²) in [6.45, 7) is 6.18. The molecule has 0 saturated carbocycles. The van der Waals surface area contributed by atoms with Crippen LogP contribution in [0.1, 0.15) is 32.3 Å². The van der Waals surface area contributed by atoms with Crippen molar-refractivity contribution in [2.24, 2.45) is 0 Å². The van der Waals surface area contributed by atoms with Gasteiger partial charge in [-0.2, -0.15) is 5.26 Å². The number of anilines is 2. The predicted molar refractivity (Wildman–Crippen MR) is 68.4 cm³/mol. The van der Waals surface area contributed by atoms with Crippen molar-refractivity contribution < 1.29 is 0 Å². The van der Waals surface area contributed by atoms with E-state index in [0.29, 0.717) is 11.3 Å². The van der Waals surface area contributed by atoms with Crippen LogP contribution in [0.4, 0.5) is 11.4 Å². The van der Waals surface area contributed by atoms with Gasteiger partial charge in [-0.3, -0.25) is 0 Å². The second-order valence-corrected chi connectivity index (χ2v) is 3.78. The van der Waals surface area contributed by atoms with Crippen LogP contribution in [0, 0.1) is 11.3 Å². The van der Waals surface area contributed by atoms with Gasteiger partial charge in [0.25, 0.3) is 0 Å². The maximum atomic E-state index is 8.92. The lowest BCUT2D eigenvalue weighted by Gasteiger charge is -2.24. The maximum Gasteiger partial charge on any atom is 0.101 e. The molecule has 0 fully saturated rings. The Bertz CT molecular complexity index is 379. The standard InChI is InChI=1S/C13H19N3/c1-3-5-9-16(4-2)12-8-6-7-11(10-14)13(12)15/h6-8H,3-5,9,15H2,1-2H3. The molecule has 0 unspecified atom stereocenters. The average molecular weight is 217 g/mol. The van der Waals surface area contributed by atoms with E-state index in [-0.39, 0.29) is 0 Å². The Labute approximate surface area is 97.5 Å². The second-order valence-electron chi connectivity index (χ2n) is 3.78. The fraction of sp³-hybridized carbons (Fsp3) is 0.462. The van der Waals surface area contributed by atoms with Gasteiger partial charge in [-0.15, -0.1) is 0 Å². The first-order chi connectivity index (χ1) is 7.74. The molecule has 86 valence electrons. The van der Waals surface area contributed by atoms with Crippen molar-refractivity contribution in [3.8, 4) is 6.07 Å². The van der Waals surface area contributed by atoms with Crippen LogP contribution in [-0.2, 0) is 0 Å². The molecule has 0 bridgehead atoms. The Kier molecular flexibility index (Phi) is 4.65. The number of nitrogen functional groups attached to an aromatic ring is 1. The normalized spacial score (nSPS) is 9.81. The van der Waals surface area contributed by atoms with E-state index >= 15 is 0 Å². The van der Waals surface area contributed by atoms with Gasteiger partial charge in [0.15, 0.2) is 0 Å². The van der Waals surface area contributed by atoms with E-state index in [1.807, 2.05) is 12.1 Å². The van der Waals surface area contributed by atoms with Crippen LogP contribution in [-0.4, -0.2) is 13.1 Å². The zero-order valence-electron chi connectivity index (χ0n) is 10.0. The number of benzene rings is 1. The molecular formula is C13H19N3. The number of nitriles is 1. The molecule has 0 aliphatic heterocycles. The number of nitrogens with zero attached hydrogens (tertiary/aromatic N) is 2. The second kappa shape index (κ2) is 6.02. The zero-order valence-corrected chi connectivity index (χ0v) is 10.0. The molecule has 1 aromatic rings. The van der Waals surface area contributed by atoms with Gasteiger partial charge in [-0.25, -0.2) is 0 Å². The Morgan fingerprint density at radius 2 is 2.12 bits per heavy atom. The highest BCUT2D eigenvalue weighted by Gasteiger charge is 2.09. The Morgan fingerprint density at radius 1 is 1.38 bits per heavy atom. The van der Waals surface area contributed by atoms with Gasteiger partial charge in [0.2, 0.25) is 0 Å². The van der Waals surface area contributed by atoms with Crippen LogP contribution in [0.25, 0.3) is 0 Å². The van der Waals surface area contributed by atoms with E-state index in [1.54, 1.807) is 6.07 Å². The van der Waals surface area contributed by atoms with Gasteiger partial charge < -0.3 is 10.6 Å². The molecule has 0 saturated heterocycles. The predicted octanol–water partition coefficient (Wildman–Crippen LogP) is 2.77. The van der Waals surface area contributed by atoms with Crippen molar-refractivity contribution in [2.75, 3.05) is 23.7 Å². The fourth-order valence-corrected chi connectivity index (χ4v) is 1.72. The number of rotatable bonds is 5. The molecule has 0 amide bonds. The lowest BCUT2D eigenvalue weighted by molar-refractivity contribution is 0.733. The molecule has 0 aliphatic carbocycles. The topological polar surface area (TPSA) is 53.0 Å². The molecule has 2 N–H and O–H groups in total. The summed E-state index contributed by atoms with van der Waals surface area (Å²) in [6, 6.07) is 7.74. The summed E-state index contributed by atoms with van der Waals surface area (Å²) in [5.41, 5.74) is 8.12. The maximum absolute atomic E-state index is 8.92.